The Morgan fingerprint density at radius 3 is 2.79 bits per heavy atom. The van der Waals surface area contributed by atoms with Gasteiger partial charge in [0, 0.05) is 40.8 Å². The molecule has 150 valence electrons. The fourth-order valence-corrected chi connectivity index (χ4v) is 4.33. The van der Waals surface area contributed by atoms with Crippen molar-refractivity contribution in [2.75, 3.05) is 25.0 Å². The van der Waals surface area contributed by atoms with Gasteiger partial charge in [0.15, 0.2) is 0 Å². The van der Waals surface area contributed by atoms with Crippen molar-refractivity contribution in [1.82, 2.24) is 9.88 Å². The molecular formula is C23H24ClN3O2. The van der Waals surface area contributed by atoms with Crippen LogP contribution in [0.2, 0.25) is 0 Å². The summed E-state index contributed by atoms with van der Waals surface area (Å²) in [4.78, 5) is 12.8. The van der Waals surface area contributed by atoms with Gasteiger partial charge in [0.05, 0.1) is 0 Å². The second-order valence-corrected chi connectivity index (χ2v) is 7.26. The van der Waals surface area contributed by atoms with Crippen LogP contribution in [0.4, 0.5) is 5.69 Å². The average molecular weight is 410 g/mol. The van der Waals surface area contributed by atoms with Crippen LogP contribution >= 0.6 is 12.4 Å². The molecule has 0 atom stereocenters. The number of nitrogens with one attached hydrogen (secondary N) is 2. The van der Waals surface area contributed by atoms with Gasteiger partial charge in [-0.3, -0.25) is 4.79 Å². The van der Waals surface area contributed by atoms with Gasteiger partial charge in [0.25, 0.3) is 0 Å². The molecule has 0 saturated carbocycles. The van der Waals surface area contributed by atoms with E-state index in [1.807, 2.05) is 36.4 Å². The van der Waals surface area contributed by atoms with Crippen LogP contribution in [0, 0.1) is 0 Å². The number of hydrogen-bond donors (Lipinski definition) is 2. The van der Waals surface area contributed by atoms with Crippen LogP contribution in [0.1, 0.15) is 16.8 Å². The summed E-state index contributed by atoms with van der Waals surface area (Å²) in [6.45, 7) is 2.81. The summed E-state index contributed by atoms with van der Waals surface area (Å²) < 4.78 is 8.03. The highest BCUT2D eigenvalue weighted by Gasteiger charge is 2.24. The highest BCUT2D eigenvalue weighted by molar-refractivity contribution is 5.98. The summed E-state index contributed by atoms with van der Waals surface area (Å²) in [7, 11) is 0. The standard InChI is InChI=1S/C23H23N3O2.ClH/c27-22(25-16-5-2-1-3-6-16)15-26-19-11-13-24-12-10-17(19)23-18-7-4-14-28-21(18)9-8-20(23)26;/h1-9,24H,10-15H2,(H,25,27);1H. The zero-order chi connectivity index (χ0) is 18.9. The van der Waals surface area contributed by atoms with E-state index in [-0.39, 0.29) is 18.3 Å². The van der Waals surface area contributed by atoms with Crippen molar-refractivity contribution < 1.29 is 9.53 Å². The summed E-state index contributed by atoms with van der Waals surface area (Å²) in [5.74, 6) is 0.925. The predicted molar refractivity (Wildman–Crippen MR) is 119 cm³/mol. The van der Waals surface area contributed by atoms with Gasteiger partial charge >= 0.3 is 0 Å². The number of carbonyl (C=O) groups excluding carboxylic acids is 1. The molecule has 2 N–H and O–H groups in total. The number of benzene rings is 2. The Labute approximate surface area is 176 Å². The van der Waals surface area contributed by atoms with Crippen LogP contribution in [0.3, 0.4) is 0 Å². The normalized spacial score (nSPS) is 14.9. The smallest absolute Gasteiger partial charge is 0.244 e. The first-order valence-corrected chi connectivity index (χ1v) is 9.83. The fourth-order valence-electron chi connectivity index (χ4n) is 4.33. The van der Waals surface area contributed by atoms with Crippen LogP contribution in [0.15, 0.2) is 48.5 Å². The van der Waals surface area contributed by atoms with E-state index in [4.69, 9.17) is 4.74 Å². The number of aromatic nitrogens is 1. The third kappa shape index (κ3) is 3.63. The lowest BCUT2D eigenvalue weighted by Gasteiger charge is -2.15. The lowest BCUT2D eigenvalue weighted by Crippen LogP contribution is -2.21. The Kier molecular flexibility index (Phi) is 5.60. The van der Waals surface area contributed by atoms with Crippen molar-refractivity contribution in [3.63, 3.8) is 0 Å². The summed E-state index contributed by atoms with van der Waals surface area (Å²) in [5.41, 5.74) is 5.69. The van der Waals surface area contributed by atoms with Gasteiger partial charge in [-0.05, 0) is 48.9 Å². The van der Waals surface area contributed by atoms with Crippen LogP contribution in [-0.4, -0.2) is 30.2 Å². The number of anilines is 1. The van der Waals surface area contributed by atoms with Gasteiger partial charge < -0.3 is 19.9 Å². The summed E-state index contributed by atoms with van der Waals surface area (Å²) in [6.07, 6.45) is 6.10. The SMILES string of the molecule is Cl.O=C(Cn1c2c(c3c4c(ccc31)OCC=C4)CCNCC2)Nc1ccccc1. The number of nitrogens with zero attached hydrogens (tertiary/aromatic N) is 1. The lowest BCUT2D eigenvalue weighted by molar-refractivity contribution is -0.116. The molecule has 0 spiro atoms. The van der Waals surface area contributed by atoms with E-state index in [1.54, 1.807) is 0 Å². The molecule has 5 rings (SSSR count). The van der Waals surface area contributed by atoms with Crippen molar-refractivity contribution >= 4 is 41.0 Å². The van der Waals surface area contributed by atoms with Crippen LogP contribution < -0.4 is 15.4 Å². The summed E-state index contributed by atoms with van der Waals surface area (Å²) >= 11 is 0. The molecule has 0 unspecified atom stereocenters. The highest BCUT2D eigenvalue weighted by Crippen LogP contribution is 2.37. The minimum atomic E-state index is -0.00683. The summed E-state index contributed by atoms with van der Waals surface area (Å²) in [5, 5.41) is 7.73. The highest BCUT2D eigenvalue weighted by atomic mass is 35.5. The third-order valence-electron chi connectivity index (χ3n) is 5.52. The first kappa shape index (κ1) is 19.6. The lowest BCUT2D eigenvalue weighted by atomic mass is 10.00. The second kappa shape index (κ2) is 8.31. The van der Waals surface area contributed by atoms with E-state index in [0.29, 0.717) is 13.2 Å². The Bertz CT molecular complexity index is 1070. The maximum Gasteiger partial charge on any atom is 0.244 e. The van der Waals surface area contributed by atoms with Crippen molar-refractivity contribution in [1.29, 1.82) is 0 Å². The molecule has 1 aromatic heterocycles. The van der Waals surface area contributed by atoms with Gasteiger partial charge in [-0.2, -0.15) is 0 Å². The van der Waals surface area contributed by atoms with Gasteiger partial charge in [0.1, 0.15) is 18.9 Å². The molecule has 29 heavy (non-hydrogen) atoms. The minimum Gasteiger partial charge on any atom is -0.489 e. The minimum absolute atomic E-state index is 0. The van der Waals surface area contributed by atoms with Gasteiger partial charge in [0.2, 0.25) is 5.91 Å². The number of fused-ring (bicyclic) bond motifs is 5. The first-order valence-electron chi connectivity index (χ1n) is 9.83. The molecule has 3 aromatic rings. The molecular weight excluding hydrogens is 386 g/mol. The van der Waals surface area contributed by atoms with E-state index in [0.717, 1.165) is 48.4 Å². The second-order valence-electron chi connectivity index (χ2n) is 7.26. The number of amides is 1. The number of halogens is 1. The van der Waals surface area contributed by atoms with E-state index in [1.165, 1.54) is 16.6 Å². The molecule has 3 heterocycles. The molecule has 2 aliphatic heterocycles. The van der Waals surface area contributed by atoms with Crippen molar-refractivity contribution in [2.45, 2.75) is 19.4 Å². The monoisotopic (exact) mass is 409 g/mol. The van der Waals surface area contributed by atoms with E-state index in [2.05, 4.69) is 33.4 Å². The molecule has 2 aliphatic rings. The van der Waals surface area contributed by atoms with E-state index < -0.39 is 0 Å². The molecule has 1 amide bonds. The molecule has 0 saturated heterocycles. The Hall–Kier alpha value is -2.76. The predicted octanol–water partition coefficient (Wildman–Crippen LogP) is 3.80. The number of carbonyl (C=O) groups is 1. The fraction of sp³-hybridized carbons (Fsp3) is 0.261. The first-order chi connectivity index (χ1) is 13.8. The number of ether oxygens (including phenoxy) is 1. The topological polar surface area (TPSA) is 55.3 Å². The molecule has 2 aromatic carbocycles. The van der Waals surface area contributed by atoms with Gasteiger partial charge in [-0.25, -0.2) is 0 Å². The average Bonchev–Trinajstić information content (AvgIpc) is 2.87. The largest absolute Gasteiger partial charge is 0.489 e. The molecule has 0 bridgehead atoms. The number of hydrogen-bond acceptors (Lipinski definition) is 3. The zero-order valence-electron chi connectivity index (χ0n) is 16.1. The molecule has 5 nitrogen and oxygen atoms in total. The Balaban J connectivity index is 0.00000205. The van der Waals surface area contributed by atoms with Crippen LogP contribution in [-0.2, 0) is 24.2 Å². The van der Waals surface area contributed by atoms with Gasteiger partial charge in [-0.15, -0.1) is 12.4 Å². The molecule has 6 heteroatoms. The van der Waals surface area contributed by atoms with Gasteiger partial charge in [-0.1, -0.05) is 24.3 Å². The third-order valence-corrected chi connectivity index (χ3v) is 5.52. The van der Waals surface area contributed by atoms with Crippen molar-refractivity contribution in [2.24, 2.45) is 0 Å². The van der Waals surface area contributed by atoms with Crippen molar-refractivity contribution in [3.05, 3.63) is 65.4 Å². The molecule has 0 aliphatic carbocycles. The van der Waals surface area contributed by atoms with E-state index >= 15 is 0 Å². The maximum absolute atomic E-state index is 12.8. The molecule has 0 fully saturated rings. The van der Waals surface area contributed by atoms with Crippen molar-refractivity contribution in [3.8, 4) is 5.75 Å². The van der Waals surface area contributed by atoms with Crippen LogP contribution in [0.25, 0.3) is 17.0 Å². The zero-order valence-corrected chi connectivity index (χ0v) is 16.9. The maximum atomic E-state index is 12.8. The quantitative estimate of drug-likeness (QED) is 0.691. The number of para-hydroxylation sites is 1. The Morgan fingerprint density at radius 2 is 1.93 bits per heavy atom. The van der Waals surface area contributed by atoms with Crippen LogP contribution in [0.5, 0.6) is 5.75 Å². The summed E-state index contributed by atoms with van der Waals surface area (Å²) in [6, 6.07) is 13.8. The number of rotatable bonds is 3. The van der Waals surface area contributed by atoms with E-state index in [9.17, 15) is 4.79 Å². The molecule has 0 radical (unpaired) electrons. The Morgan fingerprint density at radius 1 is 1.10 bits per heavy atom.